The Balaban J connectivity index is 1.89. The molecule has 0 unspecified atom stereocenters. The van der Waals surface area contributed by atoms with Crippen molar-refractivity contribution in [1.29, 1.82) is 0 Å². The summed E-state index contributed by atoms with van der Waals surface area (Å²) in [6.07, 6.45) is -0.228. The quantitative estimate of drug-likeness (QED) is 0.598. The topological polar surface area (TPSA) is 64.6 Å². The average Bonchev–Trinajstić information content (AvgIpc) is 3.32. The Morgan fingerprint density at radius 1 is 1.42 bits per heavy atom. The molecule has 2 aliphatic carbocycles. The van der Waals surface area contributed by atoms with Gasteiger partial charge in [-0.05, 0) is 19.4 Å². The van der Waals surface area contributed by atoms with E-state index in [-0.39, 0.29) is 19.1 Å². The van der Waals surface area contributed by atoms with Gasteiger partial charge in [0, 0.05) is 24.3 Å². The summed E-state index contributed by atoms with van der Waals surface area (Å²) in [4.78, 5) is 25.0. The third-order valence-electron chi connectivity index (χ3n) is 5.46. The third kappa shape index (κ3) is 3.03. The maximum Gasteiger partial charge on any atom is 0.326 e. The van der Waals surface area contributed by atoms with Gasteiger partial charge in [0.25, 0.3) is 0 Å². The molecule has 0 aromatic heterocycles. The first-order chi connectivity index (χ1) is 12.5. The Hall–Kier alpha value is -2.21. The molecule has 0 radical (unpaired) electrons. The van der Waals surface area contributed by atoms with Crippen LogP contribution < -0.4 is 5.32 Å². The fraction of sp³-hybridized carbons (Fsp3) is 0.500. The summed E-state index contributed by atoms with van der Waals surface area (Å²) in [5, 5.41) is 3.29. The number of carbonyl (C=O) groups is 2. The molecular weight excluding hydrogens is 337 g/mol. The summed E-state index contributed by atoms with van der Waals surface area (Å²) in [5.41, 5.74) is -0.263. The molecule has 0 bridgehead atoms. The molecule has 26 heavy (non-hydrogen) atoms. The Morgan fingerprint density at radius 2 is 2.12 bits per heavy atom. The Morgan fingerprint density at radius 3 is 2.73 bits per heavy atom. The second kappa shape index (κ2) is 7.19. The lowest BCUT2D eigenvalue weighted by molar-refractivity contribution is -0.154. The Labute approximate surface area is 152 Å². The fourth-order valence-electron chi connectivity index (χ4n) is 4.37. The maximum atomic E-state index is 14.7. The smallest absolute Gasteiger partial charge is 0.326 e. The van der Waals surface area contributed by atoms with Crippen molar-refractivity contribution in [2.45, 2.75) is 38.0 Å². The molecule has 140 valence electrons. The van der Waals surface area contributed by atoms with Gasteiger partial charge in [-0.2, -0.15) is 0 Å². The van der Waals surface area contributed by atoms with E-state index in [0.717, 1.165) is 11.8 Å². The number of hydrogen-bond donors (Lipinski definition) is 1. The van der Waals surface area contributed by atoms with Crippen molar-refractivity contribution in [2.24, 2.45) is 17.8 Å². The molecular formula is C20H24FNO4. The first kappa shape index (κ1) is 18.6. The zero-order valence-electron chi connectivity index (χ0n) is 15.0. The second-order valence-electron chi connectivity index (χ2n) is 6.92. The summed E-state index contributed by atoms with van der Waals surface area (Å²) >= 11 is 0. The van der Waals surface area contributed by atoms with E-state index < -0.39 is 41.4 Å². The second-order valence-corrected chi connectivity index (χ2v) is 6.92. The Kier molecular flexibility index (Phi) is 5.14. The van der Waals surface area contributed by atoms with Crippen LogP contribution in [0.3, 0.4) is 0 Å². The van der Waals surface area contributed by atoms with Gasteiger partial charge in [-0.3, -0.25) is 14.9 Å². The van der Waals surface area contributed by atoms with E-state index >= 15 is 0 Å². The number of hydrogen-bond acceptors (Lipinski definition) is 5. The van der Waals surface area contributed by atoms with Crippen molar-refractivity contribution in [3.05, 3.63) is 48.7 Å². The number of rotatable bonds is 7. The molecule has 5 nitrogen and oxygen atoms in total. The van der Waals surface area contributed by atoms with E-state index in [9.17, 15) is 14.0 Å². The Bertz CT molecular complexity index is 694. The minimum Gasteiger partial charge on any atom is -0.465 e. The van der Waals surface area contributed by atoms with Gasteiger partial charge in [-0.1, -0.05) is 36.9 Å². The van der Waals surface area contributed by atoms with E-state index in [2.05, 4.69) is 11.9 Å². The molecule has 2 saturated carbocycles. The predicted octanol–water partition coefficient (Wildman–Crippen LogP) is 2.93. The summed E-state index contributed by atoms with van der Waals surface area (Å²) in [6, 6.07) is 9.38. The van der Waals surface area contributed by atoms with Crippen LogP contribution in [0.5, 0.6) is 0 Å². The van der Waals surface area contributed by atoms with Crippen LogP contribution in [0.4, 0.5) is 4.39 Å². The number of esters is 2. The summed E-state index contributed by atoms with van der Waals surface area (Å²) in [6.45, 7) is 7.18. The van der Waals surface area contributed by atoms with Crippen LogP contribution in [0.15, 0.2) is 43.2 Å². The van der Waals surface area contributed by atoms with Crippen molar-refractivity contribution in [1.82, 2.24) is 5.32 Å². The highest BCUT2D eigenvalue weighted by atomic mass is 19.1. The van der Waals surface area contributed by atoms with Crippen LogP contribution in [0.1, 0.15) is 31.9 Å². The van der Waals surface area contributed by atoms with Crippen LogP contribution in [0.2, 0.25) is 0 Å². The third-order valence-corrected chi connectivity index (χ3v) is 5.46. The van der Waals surface area contributed by atoms with E-state index in [4.69, 9.17) is 9.47 Å². The van der Waals surface area contributed by atoms with Crippen molar-refractivity contribution in [3.8, 4) is 0 Å². The largest absolute Gasteiger partial charge is 0.465 e. The van der Waals surface area contributed by atoms with E-state index in [1.54, 1.807) is 6.92 Å². The lowest BCUT2D eigenvalue weighted by Gasteiger charge is -2.34. The van der Waals surface area contributed by atoms with E-state index in [0.29, 0.717) is 0 Å². The average molecular weight is 361 g/mol. The van der Waals surface area contributed by atoms with Gasteiger partial charge in [-0.25, -0.2) is 4.39 Å². The summed E-state index contributed by atoms with van der Waals surface area (Å²) < 4.78 is 24.8. The first-order valence-electron chi connectivity index (χ1n) is 8.91. The number of alkyl halides is 1. The monoisotopic (exact) mass is 361 g/mol. The van der Waals surface area contributed by atoms with E-state index in [1.807, 2.05) is 37.3 Å². The summed E-state index contributed by atoms with van der Waals surface area (Å²) in [7, 11) is 0. The molecule has 1 N–H and O–H groups in total. The molecule has 0 amide bonds. The standard InChI is InChI=1S/C20H24FNO4/c1-4-25-18(23)16-15-14(21)11-20(17(15)16,19(24)26-5-2)22-12(3)13-9-7-6-8-10-13/h4,6-10,12,14-17,22H,1,5,11H2,2-3H3/t12-,14+,15+,16+,17+,20+/m1/s1. The van der Waals surface area contributed by atoms with Gasteiger partial charge >= 0.3 is 11.9 Å². The van der Waals surface area contributed by atoms with Crippen molar-refractivity contribution < 1.29 is 23.5 Å². The zero-order chi connectivity index (χ0) is 18.9. The molecule has 1 aromatic carbocycles. The number of benzene rings is 1. The molecule has 0 saturated heterocycles. The molecule has 6 heteroatoms. The minimum absolute atomic E-state index is 0.00376. The number of fused-ring (bicyclic) bond motifs is 1. The number of ether oxygens (including phenoxy) is 2. The van der Waals surface area contributed by atoms with E-state index in [1.165, 1.54) is 0 Å². The van der Waals surface area contributed by atoms with Gasteiger partial charge in [0.1, 0.15) is 11.7 Å². The highest BCUT2D eigenvalue weighted by molar-refractivity contribution is 5.87. The van der Waals surface area contributed by atoms with Crippen LogP contribution in [-0.2, 0) is 19.1 Å². The minimum atomic E-state index is -1.26. The first-order valence-corrected chi connectivity index (χ1v) is 8.91. The van der Waals surface area contributed by atoms with Crippen LogP contribution in [-0.4, -0.2) is 30.3 Å². The van der Waals surface area contributed by atoms with Gasteiger partial charge < -0.3 is 9.47 Å². The van der Waals surface area contributed by atoms with Crippen molar-refractivity contribution in [2.75, 3.05) is 6.61 Å². The number of halogens is 1. The molecule has 0 spiro atoms. The number of carbonyl (C=O) groups excluding carboxylic acids is 2. The molecule has 0 aliphatic heterocycles. The summed E-state index contributed by atoms with van der Waals surface area (Å²) in [5.74, 6) is -2.71. The SMILES string of the molecule is C=COC(=O)[C@H]1[C@H]2[C@@H]1[C@](N[C@H](C)c1ccccc1)(C(=O)OCC)C[C@@H]2F. The van der Waals surface area contributed by atoms with Crippen molar-refractivity contribution in [3.63, 3.8) is 0 Å². The van der Waals surface area contributed by atoms with Crippen LogP contribution in [0, 0.1) is 17.8 Å². The zero-order valence-corrected chi connectivity index (χ0v) is 15.0. The van der Waals surface area contributed by atoms with Gasteiger partial charge in [-0.15, -0.1) is 0 Å². The molecule has 2 fully saturated rings. The highest BCUT2D eigenvalue weighted by Crippen LogP contribution is 2.64. The lowest BCUT2D eigenvalue weighted by Crippen LogP contribution is -2.55. The molecule has 3 rings (SSSR count). The van der Waals surface area contributed by atoms with Crippen LogP contribution >= 0.6 is 0 Å². The van der Waals surface area contributed by atoms with Gasteiger partial charge in [0.15, 0.2) is 0 Å². The maximum absolute atomic E-state index is 14.7. The normalized spacial score (nSPS) is 33.0. The number of nitrogens with one attached hydrogen (secondary N) is 1. The van der Waals surface area contributed by atoms with Gasteiger partial charge in [0.05, 0.1) is 18.8 Å². The highest BCUT2D eigenvalue weighted by Gasteiger charge is 2.76. The van der Waals surface area contributed by atoms with Crippen molar-refractivity contribution >= 4 is 11.9 Å². The fourth-order valence-corrected chi connectivity index (χ4v) is 4.37. The lowest BCUT2D eigenvalue weighted by atomic mass is 9.88. The van der Waals surface area contributed by atoms with Crippen LogP contribution in [0.25, 0.3) is 0 Å². The molecule has 0 heterocycles. The van der Waals surface area contributed by atoms with Gasteiger partial charge in [0.2, 0.25) is 0 Å². The molecule has 6 atom stereocenters. The predicted molar refractivity (Wildman–Crippen MR) is 93.6 cm³/mol. The molecule has 1 aromatic rings. The molecule has 2 aliphatic rings.